The van der Waals surface area contributed by atoms with Crippen molar-refractivity contribution in [1.29, 1.82) is 0 Å². The van der Waals surface area contributed by atoms with E-state index in [1.807, 2.05) is 42.6 Å². The summed E-state index contributed by atoms with van der Waals surface area (Å²) in [5.74, 6) is -0.190. The van der Waals surface area contributed by atoms with Crippen molar-refractivity contribution in [1.82, 2.24) is 19.7 Å². The number of amides is 1. The van der Waals surface area contributed by atoms with Crippen LogP contribution >= 0.6 is 11.3 Å². The summed E-state index contributed by atoms with van der Waals surface area (Å²) >= 11 is 1.57. The maximum atomic E-state index is 12.4. The van der Waals surface area contributed by atoms with Crippen molar-refractivity contribution >= 4 is 28.5 Å². The van der Waals surface area contributed by atoms with E-state index in [1.165, 1.54) is 16.5 Å². The van der Waals surface area contributed by atoms with E-state index in [2.05, 4.69) is 44.6 Å². The van der Waals surface area contributed by atoms with E-state index in [9.17, 15) is 4.79 Å². The number of carbonyl (C=O) groups is 1. The Bertz CT molecular complexity index is 1230. The van der Waals surface area contributed by atoms with Gasteiger partial charge < -0.3 is 0 Å². The van der Waals surface area contributed by atoms with Gasteiger partial charge in [0.15, 0.2) is 5.13 Å². The number of benzene rings is 2. The first-order valence-corrected chi connectivity index (χ1v) is 11.4. The van der Waals surface area contributed by atoms with Crippen molar-refractivity contribution in [2.45, 2.75) is 19.5 Å². The van der Waals surface area contributed by atoms with Crippen LogP contribution in [0.5, 0.6) is 0 Å². The molecule has 0 fully saturated rings. The number of carbonyl (C=O) groups excluding carboxylic acids is 1. The van der Waals surface area contributed by atoms with Gasteiger partial charge in [-0.15, -0.1) is 11.3 Å². The van der Waals surface area contributed by atoms with Crippen LogP contribution in [0.4, 0.5) is 5.13 Å². The third-order valence-corrected chi connectivity index (χ3v) is 6.34. The first-order valence-electron chi connectivity index (χ1n) is 10.6. The number of para-hydroxylation sites is 1. The summed E-state index contributed by atoms with van der Waals surface area (Å²) in [4.78, 5) is 20.7. The quantitative estimate of drug-likeness (QED) is 0.446. The van der Waals surface area contributed by atoms with Gasteiger partial charge in [0.2, 0.25) is 5.91 Å². The van der Waals surface area contributed by atoms with E-state index >= 15 is 0 Å². The minimum absolute atomic E-state index is 0.190. The zero-order valence-corrected chi connectivity index (χ0v) is 18.3. The molecule has 1 aliphatic rings. The Kier molecular flexibility index (Phi) is 5.91. The first-order chi connectivity index (χ1) is 15.7. The lowest BCUT2D eigenvalue weighted by molar-refractivity contribution is -0.111. The highest BCUT2D eigenvalue weighted by Gasteiger charge is 2.21. The molecule has 1 aliphatic heterocycles. The number of nitrogens with zero attached hydrogens (tertiary/aromatic N) is 4. The monoisotopic (exact) mass is 441 g/mol. The highest BCUT2D eigenvalue weighted by atomic mass is 32.1. The molecule has 0 spiro atoms. The molecule has 32 heavy (non-hydrogen) atoms. The fraction of sp³-hybridized carbons (Fsp3) is 0.160. The van der Waals surface area contributed by atoms with Crippen LogP contribution in [0, 0.1) is 0 Å². The fourth-order valence-electron chi connectivity index (χ4n) is 3.74. The average Bonchev–Trinajstić information content (AvgIpc) is 3.45. The normalized spacial score (nSPS) is 13.9. The van der Waals surface area contributed by atoms with Gasteiger partial charge in [-0.3, -0.25) is 15.0 Å². The molecule has 0 saturated heterocycles. The lowest BCUT2D eigenvalue weighted by Crippen LogP contribution is -2.29. The zero-order chi connectivity index (χ0) is 21.8. The second-order valence-electron chi connectivity index (χ2n) is 7.71. The van der Waals surface area contributed by atoms with Crippen LogP contribution < -0.4 is 5.32 Å². The van der Waals surface area contributed by atoms with Gasteiger partial charge in [-0.05, 0) is 23.8 Å². The number of aromatic nitrogens is 3. The predicted octanol–water partition coefficient (Wildman–Crippen LogP) is 4.54. The molecule has 0 saturated carbocycles. The number of anilines is 1. The van der Waals surface area contributed by atoms with Crippen molar-refractivity contribution in [2.24, 2.45) is 0 Å². The molecule has 6 nitrogen and oxygen atoms in total. The molecule has 5 rings (SSSR count). The van der Waals surface area contributed by atoms with Crippen molar-refractivity contribution in [3.8, 4) is 5.69 Å². The molecule has 1 amide bonds. The van der Waals surface area contributed by atoms with Crippen molar-refractivity contribution in [3.63, 3.8) is 0 Å². The van der Waals surface area contributed by atoms with Crippen LogP contribution in [0.2, 0.25) is 0 Å². The molecule has 7 heteroatoms. The van der Waals surface area contributed by atoms with Gasteiger partial charge in [-0.2, -0.15) is 5.10 Å². The first kappa shape index (κ1) is 20.4. The molecule has 3 heterocycles. The number of thiazole rings is 1. The lowest BCUT2D eigenvalue weighted by Gasteiger charge is -2.25. The third kappa shape index (κ3) is 4.85. The molecule has 1 N–H and O–H groups in total. The number of hydrogen-bond acceptors (Lipinski definition) is 5. The Morgan fingerprint density at radius 1 is 1.09 bits per heavy atom. The van der Waals surface area contributed by atoms with Crippen LogP contribution in [0.15, 0.2) is 79.1 Å². The van der Waals surface area contributed by atoms with E-state index in [0.29, 0.717) is 5.13 Å². The number of rotatable bonds is 6. The summed E-state index contributed by atoms with van der Waals surface area (Å²) in [7, 11) is 0. The van der Waals surface area contributed by atoms with Crippen LogP contribution in [-0.4, -0.2) is 32.1 Å². The fourth-order valence-corrected chi connectivity index (χ4v) is 4.80. The Labute approximate surface area is 190 Å². The molecule has 0 radical (unpaired) electrons. The summed E-state index contributed by atoms with van der Waals surface area (Å²) in [5.41, 5.74) is 4.25. The molecule has 2 aromatic heterocycles. The SMILES string of the molecule is O=C(/C=C/c1cnn(-c2ccccc2)c1)Nc1nc2c(s1)CN(Cc1ccccc1)CC2. The second kappa shape index (κ2) is 9.30. The summed E-state index contributed by atoms with van der Waals surface area (Å²) in [6.45, 7) is 2.77. The third-order valence-electron chi connectivity index (χ3n) is 5.34. The molecule has 0 bridgehead atoms. The summed E-state index contributed by atoms with van der Waals surface area (Å²) in [6.07, 6.45) is 7.82. The topological polar surface area (TPSA) is 63.1 Å². The van der Waals surface area contributed by atoms with Crippen molar-refractivity contribution < 1.29 is 4.79 Å². The van der Waals surface area contributed by atoms with E-state index in [-0.39, 0.29) is 5.91 Å². The van der Waals surface area contributed by atoms with Crippen LogP contribution in [0.25, 0.3) is 11.8 Å². The van der Waals surface area contributed by atoms with E-state index in [0.717, 1.165) is 43.0 Å². The zero-order valence-electron chi connectivity index (χ0n) is 17.5. The molecule has 0 unspecified atom stereocenters. The van der Waals surface area contributed by atoms with Crippen molar-refractivity contribution in [3.05, 3.63) is 101 Å². The van der Waals surface area contributed by atoms with E-state index in [1.54, 1.807) is 28.3 Å². The van der Waals surface area contributed by atoms with E-state index < -0.39 is 0 Å². The number of fused-ring (bicyclic) bond motifs is 1. The second-order valence-corrected chi connectivity index (χ2v) is 8.80. The maximum absolute atomic E-state index is 12.4. The molecule has 0 atom stereocenters. The molecule has 2 aromatic carbocycles. The predicted molar refractivity (Wildman–Crippen MR) is 128 cm³/mol. The van der Waals surface area contributed by atoms with Crippen LogP contribution in [0.1, 0.15) is 21.7 Å². The Morgan fingerprint density at radius 3 is 2.69 bits per heavy atom. The Hall–Kier alpha value is -3.55. The van der Waals surface area contributed by atoms with Crippen LogP contribution in [0.3, 0.4) is 0 Å². The average molecular weight is 442 g/mol. The van der Waals surface area contributed by atoms with E-state index in [4.69, 9.17) is 0 Å². The van der Waals surface area contributed by atoms with Gasteiger partial charge >= 0.3 is 0 Å². The largest absolute Gasteiger partial charge is 0.298 e. The molecule has 160 valence electrons. The van der Waals surface area contributed by atoms with Gasteiger partial charge in [0.25, 0.3) is 0 Å². The number of nitrogens with one attached hydrogen (secondary N) is 1. The van der Waals surface area contributed by atoms with Crippen LogP contribution in [-0.2, 0) is 24.3 Å². The standard InChI is InChI=1S/C25H23N5OS/c31-24(12-11-20-15-26-30(17-20)21-9-5-2-6-10-21)28-25-27-22-13-14-29(18-23(22)32-25)16-19-7-3-1-4-8-19/h1-12,15,17H,13-14,16,18H2,(H,27,28,31)/b12-11+. The highest BCUT2D eigenvalue weighted by Crippen LogP contribution is 2.29. The molecular formula is C25H23N5OS. The summed E-state index contributed by atoms with van der Waals surface area (Å²) < 4.78 is 1.79. The summed E-state index contributed by atoms with van der Waals surface area (Å²) in [5, 5.41) is 7.92. The lowest BCUT2D eigenvalue weighted by atomic mass is 10.1. The number of hydrogen-bond donors (Lipinski definition) is 1. The Morgan fingerprint density at radius 2 is 1.88 bits per heavy atom. The minimum Gasteiger partial charge on any atom is -0.298 e. The maximum Gasteiger partial charge on any atom is 0.250 e. The minimum atomic E-state index is -0.190. The smallest absolute Gasteiger partial charge is 0.250 e. The van der Waals surface area contributed by atoms with Gasteiger partial charge in [0.1, 0.15) is 0 Å². The van der Waals surface area contributed by atoms with Gasteiger partial charge in [0, 0.05) is 48.8 Å². The molecule has 4 aromatic rings. The Balaban J connectivity index is 1.19. The van der Waals surface area contributed by atoms with Gasteiger partial charge in [-0.1, -0.05) is 48.5 Å². The van der Waals surface area contributed by atoms with Gasteiger partial charge in [0.05, 0.1) is 17.6 Å². The van der Waals surface area contributed by atoms with Crippen molar-refractivity contribution in [2.75, 3.05) is 11.9 Å². The molecule has 0 aliphatic carbocycles. The van der Waals surface area contributed by atoms with Gasteiger partial charge in [-0.25, -0.2) is 9.67 Å². The molecular weight excluding hydrogens is 418 g/mol. The summed E-state index contributed by atoms with van der Waals surface area (Å²) in [6, 6.07) is 20.4. The highest BCUT2D eigenvalue weighted by molar-refractivity contribution is 7.15.